The van der Waals surface area contributed by atoms with E-state index in [1.807, 2.05) is 37.2 Å². The minimum absolute atomic E-state index is 0.0408. The Balaban J connectivity index is 2.79. The average molecular weight is 270 g/mol. The van der Waals surface area contributed by atoms with Crippen molar-refractivity contribution in [2.75, 3.05) is 32.6 Å². The van der Waals surface area contributed by atoms with Crippen LogP contribution >= 0.6 is 11.6 Å². The molecule has 0 heterocycles. The van der Waals surface area contributed by atoms with Gasteiger partial charge in [-0.25, -0.2) is 0 Å². The summed E-state index contributed by atoms with van der Waals surface area (Å²) in [5.41, 5.74) is 2.22. The Morgan fingerprint density at radius 3 is 2.72 bits per heavy atom. The van der Waals surface area contributed by atoms with E-state index >= 15 is 0 Å². The molecular formula is C13H20ClN3O. The molecule has 5 heteroatoms. The molecule has 1 aromatic carbocycles. The number of rotatable bonds is 6. The lowest BCUT2D eigenvalue weighted by Crippen LogP contribution is -2.27. The summed E-state index contributed by atoms with van der Waals surface area (Å²) in [6.07, 6.45) is 0.471. The van der Waals surface area contributed by atoms with Gasteiger partial charge in [0.05, 0.1) is 0 Å². The normalized spacial score (nSPS) is 10.2. The minimum atomic E-state index is 0.0408. The molecule has 1 amide bonds. The van der Waals surface area contributed by atoms with Crippen molar-refractivity contribution in [1.29, 1.82) is 0 Å². The molecule has 18 heavy (non-hydrogen) atoms. The van der Waals surface area contributed by atoms with E-state index in [0.29, 0.717) is 18.0 Å². The van der Waals surface area contributed by atoms with E-state index in [1.54, 1.807) is 7.05 Å². The lowest BCUT2D eigenvalue weighted by molar-refractivity contribution is -0.120. The molecule has 0 unspecified atom stereocenters. The molecule has 4 nitrogen and oxygen atoms in total. The molecule has 0 aliphatic heterocycles. The van der Waals surface area contributed by atoms with E-state index < -0.39 is 0 Å². The van der Waals surface area contributed by atoms with Crippen LogP contribution in [0.4, 0.5) is 5.69 Å². The number of nitrogens with zero attached hydrogens (tertiary/aromatic N) is 1. The molecule has 0 spiro atoms. The predicted molar refractivity (Wildman–Crippen MR) is 76.2 cm³/mol. The molecule has 2 N–H and O–H groups in total. The number of anilines is 1. The highest BCUT2D eigenvalue weighted by Crippen LogP contribution is 2.24. The van der Waals surface area contributed by atoms with Crippen LogP contribution in [0.15, 0.2) is 18.2 Å². The fraction of sp³-hybridized carbons (Fsp3) is 0.462. The van der Waals surface area contributed by atoms with Crippen molar-refractivity contribution in [3.63, 3.8) is 0 Å². The van der Waals surface area contributed by atoms with Gasteiger partial charge in [0, 0.05) is 44.3 Å². The molecule has 0 aliphatic rings. The summed E-state index contributed by atoms with van der Waals surface area (Å²) in [4.78, 5) is 13.3. The highest BCUT2D eigenvalue weighted by Gasteiger charge is 2.09. The third-order valence-electron chi connectivity index (χ3n) is 2.78. The minimum Gasteiger partial charge on any atom is -0.374 e. The van der Waals surface area contributed by atoms with Crippen molar-refractivity contribution < 1.29 is 4.79 Å². The largest absolute Gasteiger partial charge is 0.374 e. The van der Waals surface area contributed by atoms with Gasteiger partial charge in [-0.15, -0.1) is 0 Å². The lowest BCUT2D eigenvalue weighted by atomic mass is 10.1. The van der Waals surface area contributed by atoms with Crippen molar-refractivity contribution in [3.05, 3.63) is 28.8 Å². The molecule has 0 aliphatic carbocycles. The van der Waals surface area contributed by atoms with Gasteiger partial charge >= 0.3 is 0 Å². The molecule has 0 fully saturated rings. The SMILES string of the molecule is CNCc1ccc(Cl)cc1N(C)CCC(=O)NC. The Morgan fingerprint density at radius 2 is 2.11 bits per heavy atom. The fourth-order valence-corrected chi connectivity index (χ4v) is 1.91. The molecule has 0 radical (unpaired) electrons. The van der Waals surface area contributed by atoms with E-state index in [9.17, 15) is 4.79 Å². The van der Waals surface area contributed by atoms with Crippen molar-refractivity contribution in [2.24, 2.45) is 0 Å². The van der Waals surface area contributed by atoms with Crippen LogP contribution in [0, 0.1) is 0 Å². The quantitative estimate of drug-likeness (QED) is 0.825. The van der Waals surface area contributed by atoms with Crippen LogP contribution in [0.25, 0.3) is 0 Å². The zero-order valence-electron chi connectivity index (χ0n) is 11.1. The maximum Gasteiger partial charge on any atom is 0.221 e. The molecular weight excluding hydrogens is 250 g/mol. The van der Waals surface area contributed by atoms with Crippen LogP contribution in [0.1, 0.15) is 12.0 Å². The maximum atomic E-state index is 11.2. The van der Waals surface area contributed by atoms with Crippen LogP contribution in [0.5, 0.6) is 0 Å². The first kappa shape index (κ1) is 14.8. The molecule has 1 rings (SSSR count). The highest BCUT2D eigenvalue weighted by atomic mass is 35.5. The summed E-state index contributed by atoms with van der Waals surface area (Å²) in [5, 5.41) is 6.45. The third kappa shape index (κ3) is 4.20. The monoisotopic (exact) mass is 269 g/mol. The molecule has 0 saturated heterocycles. The van der Waals surface area contributed by atoms with E-state index in [0.717, 1.165) is 12.2 Å². The van der Waals surface area contributed by atoms with Crippen molar-refractivity contribution in [1.82, 2.24) is 10.6 Å². The Bertz CT molecular complexity index is 409. The summed E-state index contributed by atoms with van der Waals surface area (Å²) in [6.45, 7) is 1.44. The van der Waals surface area contributed by atoms with Crippen LogP contribution in [-0.2, 0) is 11.3 Å². The summed E-state index contributed by atoms with van der Waals surface area (Å²) < 4.78 is 0. The van der Waals surface area contributed by atoms with Gasteiger partial charge in [-0.1, -0.05) is 17.7 Å². The van der Waals surface area contributed by atoms with Gasteiger partial charge < -0.3 is 15.5 Å². The van der Waals surface area contributed by atoms with Gasteiger partial charge in [0.15, 0.2) is 0 Å². The van der Waals surface area contributed by atoms with E-state index in [1.165, 1.54) is 5.56 Å². The smallest absolute Gasteiger partial charge is 0.221 e. The molecule has 0 atom stereocenters. The van der Waals surface area contributed by atoms with Crippen molar-refractivity contribution in [3.8, 4) is 0 Å². The van der Waals surface area contributed by atoms with Crippen LogP contribution in [0.3, 0.4) is 0 Å². The number of benzene rings is 1. The van der Waals surface area contributed by atoms with E-state index in [2.05, 4.69) is 10.6 Å². The van der Waals surface area contributed by atoms with E-state index in [-0.39, 0.29) is 5.91 Å². The third-order valence-corrected chi connectivity index (χ3v) is 3.01. The first-order chi connectivity index (χ1) is 8.58. The van der Waals surface area contributed by atoms with Gasteiger partial charge in [0.25, 0.3) is 0 Å². The summed E-state index contributed by atoms with van der Waals surface area (Å²) in [5.74, 6) is 0.0408. The fourth-order valence-electron chi connectivity index (χ4n) is 1.75. The standard InChI is InChI=1S/C13H20ClN3O/c1-15-9-10-4-5-11(14)8-12(10)17(3)7-6-13(18)16-2/h4-5,8,15H,6-7,9H2,1-3H3,(H,16,18). The van der Waals surface area contributed by atoms with Crippen molar-refractivity contribution in [2.45, 2.75) is 13.0 Å². The number of nitrogens with one attached hydrogen (secondary N) is 2. The maximum absolute atomic E-state index is 11.2. The van der Waals surface area contributed by atoms with Gasteiger partial charge in [-0.2, -0.15) is 0 Å². The first-order valence-corrected chi connectivity index (χ1v) is 6.31. The summed E-state index contributed by atoms with van der Waals surface area (Å²) in [6, 6.07) is 5.81. The van der Waals surface area contributed by atoms with Gasteiger partial charge in [0.2, 0.25) is 5.91 Å². The number of carbonyl (C=O) groups excluding carboxylic acids is 1. The number of hydrogen-bond donors (Lipinski definition) is 2. The Hall–Kier alpha value is -1.26. The second-order valence-corrected chi connectivity index (χ2v) is 4.58. The molecule has 0 saturated carbocycles. The van der Waals surface area contributed by atoms with Gasteiger partial charge in [0.1, 0.15) is 0 Å². The van der Waals surface area contributed by atoms with E-state index in [4.69, 9.17) is 11.6 Å². The highest BCUT2D eigenvalue weighted by molar-refractivity contribution is 6.30. The van der Waals surface area contributed by atoms with Crippen LogP contribution in [-0.4, -0.2) is 33.6 Å². The predicted octanol–water partition coefficient (Wildman–Crippen LogP) is 1.63. The second-order valence-electron chi connectivity index (χ2n) is 4.15. The van der Waals surface area contributed by atoms with Gasteiger partial charge in [-0.3, -0.25) is 4.79 Å². The number of hydrogen-bond acceptors (Lipinski definition) is 3. The van der Waals surface area contributed by atoms with Crippen molar-refractivity contribution >= 4 is 23.2 Å². The molecule has 0 bridgehead atoms. The summed E-state index contributed by atoms with van der Waals surface area (Å²) >= 11 is 6.02. The number of carbonyl (C=O) groups is 1. The first-order valence-electron chi connectivity index (χ1n) is 5.93. The lowest BCUT2D eigenvalue weighted by Gasteiger charge is -2.22. The van der Waals surface area contributed by atoms with Crippen LogP contribution < -0.4 is 15.5 Å². The average Bonchev–Trinajstić information content (AvgIpc) is 2.37. The van der Waals surface area contributed by atoms with Crippen LogP contribution in [0.2, 0.25) is 5.02 Å². The summed E-state index contributed by atoms with van der Waals surface area (Å²) in [7, 11) is 5.52. The zero-order valence-corrected chi connectivity index (χ0v) is 11.8. The topological polar surface area (TPSA) is 44.4 Å². The van der Waals surface area contributed by atoms with Gasteiger partial charge in [-0.05, 0) is 24.7 Å². The molecule has 1 aromatic rings. The number of halogens is 1. The zero-order chi connectivity index (χ0) is 13.5. The number of amides is 1. The Kier molecular flexibility index (Phi) is 5.95. The Labute approximate surface area is 113 Å². The molecule has 100 valence electrons. The second kappa shape index (κ2) is 7.24. The molecule has 0 aromatic heterocycles. The Morgan fingerprint density at radius 1 is 1.39 bits per heavy atom.